The number of likely N-dealkylation sites (tertiary alicyclic amines) is 1. The van der Waals surface area contributed by atoms with Crippen LogP contribution in [-0.2, 0) is 0 Å². The van der Waals surface area contributed by atoms with E-state index in [2.05, 4.69) is 24.1 Å². The predicted octanol–water partition coefficient (Wildman–Crippen LogP) is 3.81. The summed E-state index contributed by atoms with van der Waals surface area (Å²) in [6.45, 7) is 8.62. The molecule has 3 unspecified atom stereocenters. The van der Waals surface area contributed by atoms with Crippen molar-refractivity contribution in [2.45, 2.75) is 83.7 Å². The maximum absolute atomic E-state index is 4.03. The molecule has 1 saturated heterocycles. The Morgan fingerprint density at radius 2 is 1.79 bits per heavy atom. The molecule has 2 heteroatoms. The van der Waals surface area contributed by atoms with Crippen molar-refractivity contribution in [3.8, 4) is 0 Å². The van der Waals surface area contributed by atoms with Gasteiger partial charge in [-0.1, -0.05) is 33.1 Å². The van der Waals surface area contributed by atoms with Crippen molar-refractivity contribution in [3.63, 3.8) is 0 Å². The van der Waals surface area contributed by atoms with Crippen LogP contribution in [-0.4, -0.2) is 36.6 Å². The number of hydrogen-bond donors (Lipinski definition) is 1. The van der Waals surface area contributed by atoms with Gasteiger partial charge in [-0.15, -0.1) is 0 Å². The second-order valence-corrected chi connectivity index (χ2v) is 6.70. The zero-order valence-corrected chi connectivity index (χ0v) is 13.2. The molecule has 2 fully saturated rings. The van der Waals surface area contributed by atoms with Crippen LogP contribution in [0.4, 0.5) is 0 Å². The lowest BCUT2D eigenvalue weighted by atomic mass is 9.82. The van der Waals surface area contributed by atoms with E-state index in [4.69, 9.17) is 0 Å². The molecule has 0 aromatic carbocycles. The molecule has 1 saturated carbocycles. The topological polar surface area (TPSA) is 15.3 Å². The first-order valence-corrected chi connectivity index (χ1v) is 8.81. The molecule has 1 aliphatic heterocycles. The molecule has 0 amide bonds. The molecule has 2 aliphatic rings. The summed E-state index contributed by atoms with van der Waals surface area (Å²) in [5.41, 5.74) is 0. The average Bonchev–Trinajstić information content (AvgIpc) is 2.66. The minimum absolute atomic E-state index is 0.791. The Hall–Kier alpha value is -0.0800. The van der Waals surface area contributed by atoms with Crippen molar-refractivity contribution in [3.05, 3.63) is 0 Å². The molecule has 2 nitrogen and oxygen atoms in total. The van der Waals surface area contributed by atoms with Crippen LogP contribution in [0.5, 0.6) is 0 Å². The third-order valence-electron chi connectivity index (χ3n) is 5.24. The van der Waals surface area contributed by atoms with Crippen LogP contribution in [0.3, 0.4) is 0 Å². The summed E-state index contributed by atoms with van der Waals surface area (Å²) < 4.78 is 0. The van der Waals surface area contributed by atoms with Crippen molar-refractivity contribution < 1.29 is 0 Å². The minimum atomic E-state index is 0.791. The van der Waals surface area contributed by atoms with E-state index in [-0.39, 0.29) is 0 Å². The van der Waals surface area contributed by atoms with Gasteiger partial charge in [0, 0.05) is 12.1 Å². The Morgan fingerprint density at radius 1 is 0.947 bits per heavy atom. The van der Waals surface area contributed by atoms with Gasteiger partial charge in [-0.2, -0.15) is 0 Å². The zero-order valence-electron chi connectivity index (χ0n) is 13.2. The summed E-state index contributed by atoms with van der Waals surface area (Å²) >= 11 is 0. The summed E-state index contributed by atoms with van der Waals surface area (Å²) in [5.74, 6) is 0.948. The van der Waals surface area contributed by atoms with Gasteiger partial charge < -0.3 is 10.2 Å². The highest BCUT2D eigenvalue weighted by Crippen LogP contribution is 2.28. The maximum atomic E-state index is 4.03. The van der Waals surface area contributed by atoms with Gasteiger partial charge in [0.1, 0.15) is 0 Å². The first-order chi connectivity index (χ1) is 9.33. The fourth-order valence-electron chi connectivity index (χ4n) is 4.08. The predicted molar refractivity (Wildman–Crippen MR) is 83.5 cm³/mol. The second-order valence-electron chi connectivity index (χ2n) is 6.70. The van der Waals surface area contributed by atoms with E-state index in [0.29, 0.717) is 0 Å². The van der Waals surface area contributed by atoms with Gasteiger partial charge in [-0.3, -0.25) is 0 Å². The molecule has 0 aromatic heterocycles. The average molecular weight is 266 g/mol. The quantitative estimate of drug-likeness (QED) is 0.814. The van der Waals surface area contributed by atoms with Crippen LogP contribution < -0.4 is 5.32 Å². The van der Waals surface area contributed by atoms with Gasteiger partial charge in [-0.25, -0.2) is 0 Å². The van der Waals surface area contributed by atoms with E-state index in [1.165, 1.54) is 77.4 Å². The molecule has 0 bridgehead atoms. The molecule has 1 heterocycles. The van der Waals surface area contributed by atoms with Crippen LogP contribution in [0, 0.1) is 5.92 Å². The molecule has 1 aliphatic carbocycles. The molecule has 3 atom stereocenters. The molecular formula is C17H34N2. The van der Waals surface area contributed by atoms with Gasteiger partial charge in [0.05, 0.1) is 0 Å². The third-order valence-corrected chi connectivity index (χ3v) is 5.24. The highest BCUT2D eigenvalue weighted by atomic mass is 15.1. The fourth-order valence-corrected chi connectivity index (χ4v) is 4.08. The smallest absolute Gasteiger partial charge is 0.00978 e. The number of rotatable bonds is 5. The van der Waals surface area contributed by atoms with Crippen molar-refractivity contribution >= 4 is 0 Å². The van der Waals surface area contributed by atoms with E-state index in [0.717, 1.165) is 18.0 Å². The summed E-state index contributed by atoms with van der Waals surface area (Å²) in [6.07, 6.45) is 12.6. The van der Waals surface area contributed by atoms with Gasteiger partial charge in [0.15, 0.2) is 0 Å². The van der Waals surface area contributed by atoms with Crippen LogP contribution in [0.15, 0.2) is 0 Å². The van der Waals surface area contributed by atoms with Gasteiger partial charge in [0.2, 0.25) is 0 Å². The summed E-state index contributed by atoms with van der Waals surface area (Å²) in [7, 11) is 0. The maximum Gasteiger partial charge on any atom is 0.00978 e. The highest BCUT2D eigenvalue weighted by molar-refractivity contribution is 4.85. The van der Waals surface area contributed by atoms with Crippen molar-refractivity contribution in [2.75, 3.05) is 19.6 Å². The van der Waals surface area contributed by atoms with Crippen molar-refractivity contribution in [1.82, 2.24) is 10.2 Å². The molecule has 19 heavy (non-hydrogen) atoms. The van der Waals surface area contributed by atoms with E-state index in [9.17, 15) is 0 Å². The Bertz CT molecular complexity index is 241. The fraction of sp³-hybridized carbons (Fsp3) is 1.00. The van der Waals surface area contributed by atoms with Gasteiger partial charge in [0.25, 0.3) is 0 Å². The monoisotopic (exact) mass is 266 g/mol. The number of hydrogen-bond acceptors (Lipinski definition) is 2. The molecule has 0 radical (unpaired) electrons. The lowest BCUT2D eigenvalue weighted by Gasteiger charge is -2.34. The van der Waals surface area contributed by atoms with Crippen LogP contribution in [0.1, 0.15) is 71.6 Å². The Morgan fingerprint density at radius 3 is 2.58 bits per heavy atom. The summed E-state index contributed by atoms with van der Waals surface area (Å²) in [6, 6.07) is 1.61. The normalized spacial score (nSPS) is 34.1. The first-order valence-electron chi connectivity index (χ1n) is 8.81. The standard InChI is InChI=1S/C17H34N2/c1-3-12-19-13-7-9-16(11-14-19)18-17-10-6-5-8-15(17)4-2/h15-18H,3-14H2,1-2H3. The molecule has 112 valence electrons. The SMILES string of the molecule is CCCN1CCCC(NC2CCCCC2CC)CC1. The molecule has 2 rings (SSSR count). The number of nitrogens with zero attached hydrogens (tertiary/aromatic N) is 1. The van der Waals surface area contributed by atoms with E-state index < -0.39 is 0 Å². The van der Waals surface area contributed by atoms with Crippen LogP contribution >= 0.6 is 0 Å². The van der Waals surface area contributed by atoms with E-state index in [1.54, 1.807) is 0 Å². The molecule has 0 aromatic rings. The summed E-state index contributed by atoms with van der Waals surface area (Å²) in [4.78, 5) is 2.67. The lowest BCUT2D eigenvalue weighted by Crippen LogP contribution is -2.44. The summed E-state index contributed by atoms with van der Waals surface area (Å²) in [5, 5.41) is 4.03. The van der Waals surface area contributed by atoms with Gasteiger partial charge >= 0.3 is 0 Å². The minimum Gasteiger partial charge on any atom is -0.311 e. The Kier molecular flexibility index (Phi) is 6.66. The third kappa shape index (κ3) is 4.75. The molecule has 1 N–H and O–H groups in total. The van der Waals surface area contributed by atoms with Crippen LogP contribution in [0.2, 0.25) is 0 Å². The van der Waals surface area contributed by atoms with Crippen LogP contribution in [0.25, 0.3) is 0 Å². The van der Waals surface area contributed by atoms with Crippen molar-refractivity contribution in [2.24, 2.45) is 5.92 Å². The zero-order chi connectivity index (χ0) is 13.5. The highest BCUT2D eigenvalue weighted by Gasteiger charge is 2.26. The Balaban J connectivity index is 1.78. The van der Waals surface area contributed by atoms with Crippen molar-refractivity contribution in [1.29, 1.82) is 0 Å². The lowest BCUT2D eigenvalue weighted by molar-refractivity contribution is 0.226. The molecular weight excluding hydrogens is 232 g/mol. The first kappa shape index (κ1) is 15.3. The molecule has 0 spiro atoms. The number of nitrogens with one attached hydrogen (secondary N) is 1. The van der Waals surface area contributed by atoms with E-state index >= 15 is 0 Å². The second kappa shape index (κ2) is 8.26. The van der Waals surface area contributed by atoms with Gasteiger partial charge in [-0.05, 0) is 64.1 Å². The largest absolute Gasteiger partial charge is 0.311 e. The Labute approximate surface area is 120 Å². The van der Waals surface area contributed by atoms with E-state index in [1.807, 2.05) is 0 Å².